The first-order valence-corrected chi connectivity index (χ1v) is 12.0. The molecule has 0 bridgehead atoms. The molecule has 1 aliphatic rings. The third-order valence-corrected chi connectivity index (χ3v) is 5.90. The molecule has 0 aromatic heterocycles. The van der Waals surface area contributed by atoms with Crippen molar-refractivity contribution in [1.29, 1.82) is 0 Å². The van der Waals surface area contributed by atoms with Gasteiger partial charge in [-0.1, -0.05) is 27.7 Å². The van der Waals surface area contributed by atoms with Gasteiger partial charge in [-0.25, -0.2) is 5.14 Å². The number of nitrogens with two attached hydrogens (primary N) is 1. The molecule has 0 saturated carbocycles. The van der Waals surface area contributed by atoms with E-state index in [1.807, 2.05) is 34.6 Å². The molecule has 0 fully saturated rings. The summed E-state index contributed by atoms with van der Waals surface area (Å²) in [5.74, 6) is -0.136. The maximum Gasteiger partial charge on any atom is 0.296 e. The van der Waals surface area contributed by atoms with Gasteiger partial charge in [-0.05, 0) is 50.3 Å². The van der Waals surface area contributed by atoms with Crippen LogP contribution in [0.3, 0.4) is 0 Å². The standard InChI is InChI=1S/C21H36N4O4S/c1-8-10-25-15(12-29-9-2)11-16-13(3)17(24-30(22,27)28)14(4)18(19(16)25)23-20(26)21(5,6)7/h15,24H,8-12H2,1-7H3,(H,23,26)(H2,22,27,28). The fraction of sp³-hybridized carbons (Fsp3) is 0.667. The highest BCUT2D eigenvalue weighted by Gasteiger charge is 2.36. The SMILES string of the molecule is CCCN1c2c(c(C)c(NS(N)(=O)=O)c(C)c2NC(=O)C(C)(C)C)CC1COCC. The minimum Gasteiger partial charge on any atom is -0.380 e. The Morgan fingerprint density at radius 3 is 2.33 bits per heavy atom. The van der Waals surface area contributed by atoms with E-state index in [2.05, 4.69) is 21.9 Å². The molecule has 1 unspecified atom stereocenters. The first-order chi connectivity index (χ1) is 13.8. The van der Waals surface area contributed by atoms with E-state index in [-0.39, 0.29) is 11.9 Å². The third kappa shape index (κ3) is 5.25. The Labute approximate surface area is 180 Å². The van der Waals surface area contributed by atoms with Crippen LogP contribution in [0.2, 0.25) is 0 Å². The number of ether oxygens (including phenoxy) is 1. The lowest BCUT2D eigenvalue weighted by atomic mass is 9.93. The minimum atomic E-state index is -3.97. The van der Waals surface area contributed by atoms with Gasteiger partial charge in [0, 0.05) is 18.6 Å². The lowest BCUT2D eigenvalue weighted by Gasteiger charge is -2.31. The minimum absolute atomic E-state index is 0.119. The van der Waals surface area contributed by atoms with Gasteiger partial charge < -0.3 is 15.0 Å². The van der Waals surface area contributed by atoms with Gasteiger partial charge in [0.15, 0.2) is 0 Å². The molecule has 30 heavy (non-hydrogen) atoms. The summed E-state index contributed by atoms with van der Waals surface area (Å²) >= 11 is 0. The fourth-order valence-electron chi connectivity index (χ4n) is 3.85. The largest absolute Gasteiger partial charge is 0.380 e. The average Bonchev–Trinajstić information content (AvgIpc) is 2.97. The van der Waals surface area contributed by atoms with E-state index in [1.165, 1.54) is 0 Å². The Bertz CT molecular complexity index is 907. The first-order valence-electron chi connectivity index (χ1n) is 10.4. The molecule has 0 spiro atoms. The molecule has 170 valence electrons. The van der Waals surface area contributed by atoms with Crippen molar-refractivity contribution in [3.05, 3.63) is 16.7 Å². The Balaban J connectivity index is 2.71. The summed E-state index contributed by atoms with van der Waals surface area (Å²) in [5, 5.41) is 8.35. The fourth-order valence-corrected chi connectivity index (χ4v) is 4.44. The number of hydrogen-bond donors (Lipinski definition) is 3. The van der Waals surface area contributed by atoms with Crippen LogP contribution in [0.25, 0.3) is 0 Å². The maximum atomic E-state index is 12.9. The summed E-state index contributed by atoms with van der Waals surface area (Å²) < 4.78 is 31.8. The van der Waals surface area contributed by atoms with E-state index in [0.29, 0.717) is 36.6 Å². The average molecular weight is 441 g/mol. The van der Waals surface area contributed by atoms with Gasteiger partial charge in [0.2, 0.25) is 5.91 Å². The van der Waals surface area contributed by atoms with Crippen molar-refractivity contribution in [2.75, 3.05) is 34.7 Å². The van der Waals surface area contributed by atoms with Crippen LogP contribution in [0.1, 0.15) is 57.7 Å². The highest BCUT2D eigenvalue weighted by Crippen LogP contribution is 2.47. The number of carbonyl (C=O) groups excluding carboxylic acids is 1. The van der Waals surface area contributed by atoms with E-state index in [4.69, 9.17) is 9.88 Å². The molecule has 1 aromatic carbocycles. The van der Waals surface area contributed by atoms with E-state index in [0.717, 1.165) is 29.8 Å². The summed E-state index contributed by atoms with van der Waals surface area (Å²) in [6, 6.07) is 0.119. The zero-order valence-electron chi connectivity index (χ0n) is 19.2. The summed E-state index contributed by atoms with van der Waals surface area (Å²) in [4.78, 5) is 15.1. The zero-order valence-corrected chi connectivity index (χ0v) is 20.0. The van der Waals surface area contributed by atoms with Crippen LogP contribution < -0.4 is 20.1 Å². The van der Waals surface area contributed by atoms with Crippen molar-refractivity contribution < 1.29 is 17.9 Å². The first kappa shape index (κ1) is 24.4. The van der Waals surface area contributed by atoms with Crippen LogP contribution in [0.4, 0.5) is 17.1 Å². The van der Waals surface area contributed by atoms with Crippen LogP contribution in [0.15, 0.2) is 0 Å². The molecule has 1 atom stereocenters. The quantitative estimate of drug-likeness (QED) is 0.575. The van der Waals surface area contributed by atoms with Gasteiger partial charge in [0.05, 0.1) is 29.7 Å². The van der Waals surface area contributed by atoms with Crippen molar-refractivity contribution in [3.63, 3.8) is 0 Å². The second-order valence-electron chi connectivity index (χ2n) is 8.89. The maximum absolute atomic E-state index is 12.9. The monoisotopic (exact) mass is 440 g/mol. The van der Waals surface area contributed by atoms with Gasteiger partial charge in [0.1, 0.15) is 0 Å². The summed E-state index contributed by atoms with van der Waals surface area (Å²) in [6.07, 6.45) is 1.64. The summed E-state index contributed by atoms with van der Waals surface area (Å²) in [7, 11) is -3.97. The Hall–Kier alpha value is -1.84. The van der Waals surface area contributed by atoms with Crippen molar-refractivity contribution in [2.24, 2.45) is 10.6 Å². The number of hydrogen-bond acceptors (Lipinski definition) is 5. The molecule has 0 radical (unpaired) electrons. The second-order valence-corrected chi connectivity index (χ2v) is 10.2. The van der Waals surface area contributed by atoms with Crippen LogP contribution in [0.5, 0.6) is 0 Å². The smallest absolute Gasteiger partial charge is 0.296 e. The Kier molecular flexibility index (Phi) is 7.42. The molecule has 1 aliphatic heterocycles. The zero-order chi connectivity index (χ0) is 22.9. The topological polar surface area (TPSA) is 114 Å². The molecular weight excluding hydrogens is 404 g/mol. The van der Waals surface area contributed by atoms with Gasteiger partial charge in [-0.3, -0.25) is 9.52 Å². The van der Waals surface area contributed by atoms with Crippen LogP contribution in [-0.4, -0.2) is 40.1 Å². The Morgan fingerprint density at radius 1 is 1.20 bits per heavy atom. The lowest BCUT2D eigenvalue weighted by molar-refractivity contribution is -0.123. The molecule has 0 aliphatic carbocycles. The summed E-state index contributed by atoms with van der Waals surface area (Å²) in [5.41, 5.74) is 3.89. The molecule has 1 aromatic rings. The molecule has 9 heteroatoms. The predicted molar refractivity (Wildman–Crippen MR) is 122 cm³/mol. The highest BCUT2D eigenvalue weighted by molar-refractivity contribution is 7.90. The van der Waals surface area contributed by atoms with Crippen molar-refractivity contribution in [3.8, 4) is 0 Å². The number of rotatable bonds is 8. The Morgan fingerprint density at radius 2 is 1.83 bits per heavy atom. The molecule has 1 amide bonds. The third-order valence-electron chi connectivity index (χ3n) is 5.41. The van der Waals surface area contributed by atoms with Gasteiger partial charge >= 0.3 is 0 Å². The van der Waals surface area contributed by atoms with Gasteiger partial charge in [0.25, 0.3) is 10.2 Å². The molecular formula is C21H36N4O4S. The van der Waals surface area contributed by atoms with Gasteiger partial charge in [-0.2, -0.15) is 8.42 Å². The van der Waals surface area contributed by atoms with Gasteiger partial charge in [-0.15, -0.1) is 0 Å². The van der Waals surface area contributed by atoms with E-state index in [1.54, 1.807) is 6.92 Å². The number of nitrogens with zero attached hydrogens (tertiary/aromatic N) is 1. The summed E-state index contributed by atoms with van der Waals surface area (Å²) in [6.45, 7) is 15.3. The lowest BCUT2D eigenvalue weighted by Crippen LogP contribution is -2.37. The van der Waals surface area contributed by atoms with Crippen LogP contribution >= 0.6 is 0 Å². The molecule has 0 saturated heterocycles. The van der Waals surface area contributed by atoms with Crippen molar-refractivity contribution >= 4 is 33.2 Å². The number of fused-ring (bicyclic) bond motifs is 1. The molecule has 1 heterocycles. The second kappa shape index (κ2) is 9.11. The number of nitrogens with one attached hydrogen (secondary N) is 2. The van der Waals surface area contributed by atoms with E-state index in [9.17, 15) is 13.2 Å². The normalized spacial score (nSPS) is 16.5. The predicted octanol–water partition coefficient (Wildman–Crippen LogP) is 3.08. The molecule has 4 N–H and O–H groups in total. The van der Waals surface area contributed by atoms with E-state index >= 15 is 0 Å². The molecule has 2 rings (SSSR count). The number of amides is 1. The van der Waals surface area contributed by atoms with Crippen molar-refractivity contribution in [2.45, 2.75) is 67.3 Å². The van der Waals surface area contributed by atoms with Crippen LogP contribution in [0, 0.1) is 19.3 Å². The van der Waals surface area contributed by atoms with E-state index < -0.39 is 15.6 Å². The number of carbonyl (C=O) groups is 1. The van der Waals surface area contributed by atoms with Crippen LogP contribution in [-0.2, 0) is 26.2 Å². The van der Waals surface area contributed by atoms with Crippen molar-refractivity contribution in [1.82, 2.24) is 0 Å². The highest BCUT2D eigenvalue weighted by atomic mass is 32.2. The molecule has 8 nitrogen and oxygen atoms in total. The number of anilines is 3. The number of benzene rings is 1.